The SMILES string of the molecule is Cc1cccc(C=Nn2cnnc2C)c1. The average Bonchev–Trinajstić information content (AvgIpc) is 2.61. The smallest absolute Gasteiger partial charge is 0.151 e. The van der Waals surface area contributed by atoms with Crippen molar-refractivity contribution in [2.45, 2.75) is 13.8 Å². The summed E-state index contributed by atoms with van der Waals surface area (Å²) in [4.78, 5) is 0. The van der Waals surface area contributed by atoms with E-state index in [1.54, 1.807) is 17.2 Å². The van der Waals surface area contributed by atoms with Crippen LogP contribution < -0.4 is 0 Å². The van der Waals surface area contributed by atoms with Crippen molar-refractivity contribution in [3.05, 3.63) is 47.5 Å². The van der Waals surface area contributed by atoms with Crippen molar-refractivity contribution < 1.29 is 0 Å². The Morgan fingerprint density at radius 1 is 1.33 bits per heavy atom. The highest BCUT2D eigenvalue weighted by Crippen LogP contribution is 2.01. The zero-order valence-corrected chi connectivity index (χ0v) is 8.75. The lowest BCUT2D eigenvalue weighted by Gasteiger charge is -1.96. The molecule has 1 aromatic heterocycles. The topological polar surface area (TPSA) is 43.1 Å². The lowest BCUT2D eigenvalue weighted by atomic mass is 10.2. The lowest BCUT2D eigenvalue weighted by Crippen LogP contribution is -1.92. The van der Waals surface area contributed by atoms with Crippen LogP contribution in [0.5, 0.6) is 0 Å². The van der Waals surface area contributed by atoms with E-state index in [0.717, 1.165) is 11.4 Å². The summed E-state index contributed by atoms with van der Waals surface area (Å²) < 4.78 is 1.64. The first-order chi connectivity index (χ1) is 7.25. The van der Waals surface area contributed by atoms with E-state index in [1.807, 2.05) is 19.1 Å². The molecule has 0 radical (unpaired) electrons. The zero-order valence-electron chi connectivity index (χ0n) is 8.75. The van der Waals surface area contributed by atoms with E-state index in [1.165, 1.54) is 5.56 Å². The fourth-order valence-corrected chi connectivity index (χ4v) is 1.28. The number of aryl methyl sites for hydroxylation is 2. The fourth-order valence-electron chi connectivity index (χ4n) is 1.28. The molecule has 0 saturated heterocycles. The van der Waals surface area contributed by atoms with Crippen LogP contribution >= 0.6 is 0 Å². The summed E-state index contributed by atoms with van der Waals surface area (Å²) >= 11 is 0. The standard InChI is InChI=1S/C11H12N4/c1-9-4-3-5-11(6-9)7-13-15-8-12-14-10(15)2/h3-8H,1-2H3. The molecule has 0 fully saturated rings. The van der Waals surface area contributed by atoms with Crippen LogP contribution in [0.4, 0.5) is 0 Å². The third-order valence-electron chi connectivity index (χ3n) is 2.07. The van der Waals surface area contributed by atoms with E-state index in [9.17, 15) is 0 Å². The van der Waals surface area contributed by atoms with Gasteiger partial charge in [0.1, 0.15) is 6.33 Å². The molecule has 4 nitrogen and oxygen atoms in total. The van der Waals surface area contributed by atoms with Crippen LogP contribution in [0, 0.1) is 13.8 Å². The molecule has 0 unspecified atom stereocenters. The van der Waals surface area contributed by atoms with Crippen molar-refractivity contribution in [3.63, 3.8) is 0 Å². The summed E-state index contributed by atoms with van der Waals surface area (Å²) in [6, 6.07) is 8.15. The Hall–Kier alpha value is -1.97. The van der Waals surface area contributed by atoms with Crippen molar-refractivity contribution in [2.24, 2.45) is 5.10 Å². The van der Waals surface area contributed by atoms with Gasteiger partial charge in [-0.2, -0.15) is 5.10 Å². The number of rotatable bonds is 2. The minimum atomic E-state index is 0.777. The molecular weight excluding hydrogens is 188 g/mol. The maximum atomic E-state index is 4.24. The summed E-state index contributed by atoms with van der Waals surface area (Å²) in [5.41, 5.74) is 2.29. The first-order valence-corrected chi connectivity index (χ1v) is 4.73. The maximum Gasteiger partial charge on any atom is 0.151 e. The molecule has 0 spiro atoms. The monoisotopic (exact) mass is 200 g/mol. The predicted molar refractivity (Wildman–Crippen MR) is 58.9 cm³/mol. The van der Waals surface area contributed by atoms with Crippen molar-refractivity contribution in [3.8, 4) is 0 Å². The first-order valence-electron chi connectivity index (χ1n) is 4.73. The molecule has 15 heavy (non-hydrogen) atoms. The van der Waals surface area contributed by atoms with E-state index >= 15 is 0 Å². The second-order valence-corrected chi connectivity index (χ2v) is 3.38. The van der Waals surface area contributed by atoms with Crippen molar-refractivity contribution in [2.75, 3.05) is 0 Å². The summed E-state index contributed by atoms with van der Waals surface area (Å²) in [5.74, 6) is 0.777. The second-order valence-electron chi connectivity index (χ2n) is 3.38. The molecular formula is C11H12N4. The number of hydrogen-bond acceptors (Lipinski definition) is 3. The quantitative estimate of drug-likeness (QED) is 0.693. The molecule has 4 heteroatoms. The normalized spacial score (nSPS) is 11.1. The predicted octanol–water partition coefficient (Wildman–Crippen LogP) is 1.78. The van der Waals surface area contributed by atoms with Crippen LogP contribution in [0.1, 0.15) is 17.0 Å². The summed E-state index contributed by atoms with van der Waals surface area (Å²) in [5, 5.41) is 11.8. The van der Waals surface area contributed by atoms with Gasteiger partial charge in [0, 0.05) is 0 Å². The molecule has 0 N–H and O–H groups in total. The van der Waals surface area contributed by atoms with Crippen LogP contribution in [-0.2, 0) is 0 Å². The van der Waals surface area contributed by atoms with Gasteiger partial charge in [0.05, 0.1) is 6.21 Å². The van der Waals surface area contributed by atoms with E-state index in [2.05, 4.69) is 34.4 Å². The largest absolute Gasteiger partial charge is 0.205 e. The number of benzene rings is 1. The minimum Gasteiger partial charge on any atom is -0.205 e. The van der Waals surface area contributed by atoms with Gasteiger partial charge >= 0.3 is 0 Å². The molecule has 0 aliphatic rings. The molecule has 0 amide bonds. The van der Waals surface area contributed by atoms with E-state index in [0.29, 0.717) is 0 Å². The Bertz CT molecular complexity index is 485. The minimum absolute atomic E-state index is 0.777. The van der Waals surface area contributed by atoms with Crippen molar-refractivity contribution in [1.82, 2.24) is 14.9 Å². The Kier molecular flexibility index (Phi) is 2.58. The van der Waals surface area contributed by atoms with Gasteiger partial charge in [-0.1, -0.05) is 29.8 Å². The molecule has 2 aromatic rings. The number of aromatic nitrogens is 3. The van der Waals surface area contributed by atoms with Gasteiger partial charge in [-0.05, 0) is 19.4 Å². The summed E-state index contributed by atoms with van der Waals surface area (Å²) in [6.07, 6.45) is 3.38. The number of hydrogen-bond donors (Lipinski definition) is 0. The van der Waals surface area contributed by atoms with E-state index in [4.69, 9.17) is 0 Å². The Morgan fingerprint density at radius 3 is 2.87 bits per heavy atom. The molecule has 0 bridgehead atoms. The van der Waals surface area contributed by atoms with E-state index in [-0.39, 0.29) is 0 Å². The van der Waals surface area contributed by atoms with Gasteiger partial charge < -0.3 is 0 Å². The van der Waals surface area contributed by atoms with E-state index < -0.39 is 0 Å². The average molecular weight is 200 g/mol. The third-order valence-corrected chi connectivity index (χ3v) is 2.07. The van der Waals surface area contributed by atoms with Crippen LogP contribution in [0.25, 0.3) is 0 Å². The van der Waals surface area contributed by atoms with Gasteiger partial charge in [0.25, 0.3) is 0 Å². The molecule has 76 valence electrons. The molecule has 0 aliphatic heterocycles. The maximum absolute atomic E-state index is 4.24. The Balaban J connectivity index is 2.22. The van der Waals surface area contributed by atoms with Crippen LogP contribution in [0.3, 0.4) is 0 Å². The molecule has 1 heterocycles. The van der Waals surface area contributed by atoms with Gasteiger partial charge in [0.15, 0.2) is 5.82 Å². The molecule has 0 aliphatic carbocycles. The van der Waals surface area contributed by atoms with Gasteiger partial charge in [0.2, 0.25) is 0 Å². The van der Waals surface area contributed by atoms with Gasteiger partial charge in [-0.25, -0.2) is 4.68 Å². The van der Waals surface area contributed by atoms with Crippen LogP contribution in [-0.4, -0.2) is 21.1 Å². The Labute approximate surface area is 88.3 Å². The van der Waals surface area contributed by atoms with Crippen molar-refractivity contribution in [1.29, 1.82) is 0 Å². The van der Waals surface area contributed by atoms with Crippen molar-refractivity contribution >= 4 is 6.21 Å². The zero-order chi connectivity index (χ0) is 10.7. The summed E-state index contributed by atoms with van der Waals surface area (Å²) in [7, 11) is 0. The highest BCUT2D eigenvalue weighted by molar-refractivity contribution is 5.79. The van der Waals surface area contributed by atoms with Gasteiger partial charge in [-0.15, -0.1) is 10.2 Å². The Morgan fingerprint density at radius 2 is 2.20 bits per heavy atom. The van der Waals surface area contributed by atoms with Crippen LogP contribution in [0.2, 0.25) is 0 Å². The molecule has 1 aromatic carbocycles. The highest BCUT2D eigenvalue weighted by Gasteiger charge is 1.93. The summed E-state index contributed by atoms with van der Waals surface area (Å²) in [6.45, 7) is 3.92. The lowest BCUT2D eigenvalue weighted by molar-refractivity contribution is 0.832. The van der Waals surface area contributed by atoms with Crippen LogP contribution in [0.15, 0.2) is 35.7 Å². The second kappa shape index (κ2) is 4.04. The highest BCUT2D eigenvalue weighted by atomic mass is 15.4. The third kappa shape index (κ3) is 2.28. The molecule has 0 atom stereocenters. The molecule has 0 saturated carbocycles. The number of nitrogens with zero attached hydrogens (tertiary/aromatic N) is 4. The first kappa shape index (κ1) is 9.58. The fraction of sp³-hybridized carbons (Fsp3) is 0.182. The molecule has 2 rings (SSSR count). The van der Waals surface area contributed by atoms with Gasteiger partial charge in [-0.3, -0.25) is 0 Å².